The maximum atomic E-state index is 5.49. The van der Waals surface area contributed by atoms with Gasteiger partial charge in [0.1, 0.15) is 5.75 Å². The molecule has 1 aliphatic carbocycles. The zero-order chi connectivity index (χ0) is 16.1. The van der Waals surface area contributed by atoms with Gasteiger partial charge in [0.15, 0.2) is 5.11 Å². The minimum Gasteiger partial charge on any atom is -0.496 e. The van der Waals surface area contributed by atoms with Crippen LogP contribution in [0.4, 0.5) is 0 Å². The number of nitrogens with one attached hydrogen (secondary N) is 2. The molecule has 122 valence electrons. The molecule has 22 heavy (non-hydrogen) atoms. The molecule has 1 aromatic carbocycles. The molecule has 5 heteroatoms. The van der Waals surface area contributed by atoms with Gasteiger partial charge in [-0.25, -0.2) is 0 Å². The van der Waals surface area contributed by atoms with E-state index in [9.17, 15) is 0 Å². The lowest BCUT2D eigenvalue weighted by atomic mass is 9.86. The zero-order valence-corrected chi connectivity index (χ0v) is 15.9. The molecule has 1 aromatic rings. The number of hydrogen-bond donors (Lipinski definition) is 2. The Bertz CT molecular complexity index is 523. The average Bonchev–Trinajstić information content (AvgIpc) is 2.49. The van der Waals surface area contributed by atoms with Crippen molar-refractivity contribution in [3.63, 3.8) is 0 Å². The van der Waals surface area contributed by atoms with Crippen LogP contribution in [0.2, 0.25) is 0 Å². The minimum atomic E-state index is 0.154. The number of hydrogen-bond acceptors (Lipinski definition) is 2. The van der Waals surface area contributed by atoms with E-state index in [4.69, 9.17) is 17.0 Å². The Hall–Kier alpha value is -0.810. The van der Waals surface area contributed by atoms with Crippen molar-refractivity contribution in [3.8, 4) is 5.75 Å². The monoisotopic (exact) mass is 384 g/mol. The van der Waals surface area contributed by atoms with Gasteiger partial charge in [0.2, 0.25) is 0 Å². The van der Waals surface area contributed by atoms with Gasteiger partial charge in [-0.2, -0.15) is 0 Å². The first kappa shape index (κ1) is 17.5. The SMILES string of the molecule is COc1ccc([C@H](C)NC(=S)N[C@@H]2CCCC[C@@H]2C)cc1Br. The number of rotatable bonds is 4. The molecule has 3 nitrogen and oxygen atoms in total. The van der Waals surface area contributed by atoms with E-state index in [0.29, 0.717) is 12.0 Å². The van der Waals surface area contributed by atoms with Gasteiger partial charge in [0, 0.05) is 6.04 Å². The first-order valence-corrected chi connectivity index (χ1v) is 9.12. The third-order valence-corrected chi connectivity index (χ3v) is 5.31. The first-order valence-electron chi connectivity index (χ1n) is 7.91. The van der Waals surface area contributed by atoms with Crippen LogP contribution in [0.15, 0.2) is 22.7 Å². The van der Waals surface area contributed by atoms with Gasteiger partial charge in [0.05, 0.1) is 17.6 Å². The van der Waals surface area contributed by atoms with Crippen LogP contribution < -0.4 is 15.4 Å². The fraction of sp³-hybridized carbons (Fsp3) is 0.588. The lowest BCUT2D eigenvalue weighted by Crippen LogP contribution is -2.46. The Labute approximate surface area is 147 Å². The van der Waals surface area contributed by atoms with Gasteiger partial charge in [0.25, 0.3) is 0 Å². The van der Waals surface area contributed by atoms with Crippen molar-refractivity contribution in [1.29, 1.82) is 0 Å². The molecule has 3 atom stereocenters. The summed E-state index contributed by atoms with van der Waals surface area (Å²) >= 11 is 9.01. The van der Waals surface area contributed by atoms with E-state index in [1.807, 2.05) is 6.07 Å². The molecule has 0 saturated heterocycles. The quantitative estimate of drug-likeness (QED) is 0.745. The molecule has 0 unspecified atom stereocenters. The van der Waals surface area contributed by atoms with Gasteiger partial charge in [-0.15, -0.1) is 0 Å². The molecule has 2 rings (SSSR count). The van der Waals surface area contributed by atoms with E-state index in [1.165, 1.54) is 31.2 Å². The number of halogens is 1. The molecular weight excluding hydrogens is 360 g/mol. The Kier molecular flexibility index (Phi) is 6.50. The topological polar surface area (TPSA) is 33.3 Å². The van der Waals surface area contributed by atoms with Crippen molar-refractivity contribution in [2.24, 2.45) is 5.92 Å². The average molecular weight is 385 g/mol. The van der Waals surface area contributed by atoms with E-state index < -0.39 is 0 Å². The van der Waals surface area contributed by atoms with Gasteiger partial charge in [-0.05, 0) is 71.5 Å². The summed E-state index contributed by atoms with van der Waals surface area (Å²) in [6.07, 6.45) is 5.15. The molecule has 0 aliphatic heterocycles. The highest BCUT2D eigenvalue weighted by Crippen LogP contribution is 2.28. The predicted octanol–water partition coefficient (Wildman–Crippen LogP) is 4.56. The molecule has 0 amide bonds. The van der Waals surface area contributed by atoms with Crippen molar-refractivity contribution >= 4 is 33.3 Å². The molecule has 0 aromatic heterocycles. The summed E-state index contributed by atoms with van der Waals surface area (Å²) in [7, 11) is 1.67. The van der Waals surface area contributed by atoms with Crippen molar-refractivity contribution in [2.45, 2.75) is 51.6 Å². The predicted molar refractivity (Wildman–Crippen MR) is 99.4 cm³/mol. The lowest BCUT2D eigenvalue weighted by molar-refractivity contribution is 0.307. The van der Waals surface area contributed by atoms with E-state index in [2.05, 4.69) is 52.5 Å². The smallest absolute Gasteiger partial charge is 0.166 e. The van der Waals surface area contributed by atoms with Crippen LogP contribution >= 0.6 is 28.1 Å². The van der Waals surface area contributed by atoms with Crippen molar-refractivity contribution in [3.05, 3.63) is 28.2 Å². The molecular formula is C17H25BrN2OS. The highest BCUT2D eigenvalue weighted by atomic mass is 79.9. The van der Waals surface area contributed by atoms with Gasteiger partial charge >= 0.3 is 0 Å². The van der Waals surface area contributed by atoms with Gasteiger partial charge < -0.3 is 15.4 Å². The maximum absolute atomic E-state index is 5.49. The number of benzene rings is 1. The second-order valence-corrected chi connectivity index (χ2v) is 7.36. The third-order valence-electron chi connectivity index (χ3n) is 4.45. The van der Waals surface area contributed by atoms with E-state index in [-0.39, 0.29) is 6.04 Å². The highest BCUT2D eigenvalue weighted by Gasteiger charge is 2.22. The fourth-order valence-electron chi connectivity index (χ4n) is 2.97. The summed E-state index contributed by atoms with van der Waals surface area (Å²) in [5.41, 5.74) is 1.17. The van der Waals surface area contributed by atoms with E-state index in [1.54, 1.807) is 7.11 Å². The molecule has 2 N–H and O–H groups in total. The fourth-order valence-corrected chi connectivity index (χ4v) is 3.86. The van der Waals surface area contributed by atoms with E-state index >= 15 is 0 Å². The Morgan fingerprint density at radius 3 is 2.73 bits per heavy atom. The Balaban J connectivity index is 1.91. The maximum Gasteiger partial charge on any atom is 0.166 e. The third kappa shape index (κ3) is 4.59. The second kappa shape index (κ2) is 8.16. The molecule has 0 heterocycles. The molecule has 0 bridgehead atoms. The van der Waals surface area contributed by atoms with Gasteiger partial charge in [-0.1, -0.05) is 25.8 Å². The number of methoxy groups -OCH3 is 1. The summed E-state index contributed by atoms with van der Waals surface area (Å²) < 4.78 is 6.23. The van der Waals surface area contributed by atoms with Crippen molar-refractivity contribution in [1.82, 2.24) is 10.6 Å². The normalized spacial score (nSPS) is 22.7. The van der Waals surface area contributed by atoms with Crippen LogP contribution in [-0.2, 0) is 0 Å². The van der Waals surface area contributed by atoms with Crippen LogP contribution in [0.3, 0.4) is 0 Å². The minimum absolute atomic E-state index is 0.154. The Morgan fingerprint density at radius 1 is 1.36 bits per heavy atom. The summed E-state index contributed by atoms with van der Waals surface area (Å²) in [4.78, 5) is 0. The summed E-state index contributed by atoms with van der Waals surface area (Å²) in [6.45, 7) is 4.43. The molecule has 1 aliphatic rings. The van der Waals surface area contributed by atoms with Gasteiger partial charge in [-0.3, -0.25) is 0 Å². The summed E-state index contributed by atoms with van der Waals surface area (Å²) in [6, 6.07) is 6.76. The largest absolute Gasteiger partial charge is 0.496 e. The second-order valence-electron chi connectivity index (χ2n) is 6.10. The first-order chi connectivity index (χ1) is 10.5. The lowest BCUT2D eigenvalue weighted by Gasteiger charge is -2.31. The summed E-state index contributed by atoms with van der Waals surface area (Å²) in [5, 5.41) is 7.63. The Morgan fingerprint density at radius 2 is 2.09 bits per heavy atom. The van der Waals surface area contributed by atoms with Crippen molar-refractivity contribution in [2.75, 3.05) is 7.11 Å². The highest BCUT2D eigenvalue weighted by molar-refractivity contribution is 9.10. The van der Waals surface area contributed by atoms with E-state index in [0.717, 1.165) is 15.3 Å². The van der Waals surface area contributed by atoms with Crippen LogP contribution in [0.1, 0.15) is 51.1 Å². The molecule has 1 saturated carbocycles. The standard InChI is InChI=1S/C17H25BrN2OS/c1-11-6-4-5-7-15(11)20-17(22)19-12(2)13-8-9-16(21-3)14(18)10-13/h8-12,15H,4-7H2,1-3H3,(H2,19,20,22)/t11-,12-,15+/m0/s1. The molecule has 0 spiro atoms. The summed E-state index contributed by atoms with van der Waals surface area (Å²) in [5.74, 6) is 1.53. The zero-order valence-electron chi connectivity index (χ0n) is 13.5. The van der Waals surface area contributed by atoms with Crippen LogP contribution in [0.5, 0.6) is 5.75 Å². The van der Waals surface area contributed by atoms with Crippen LogP contribution in [-0.4, -0.2) is 18.3 Å². The van der Waals surface area contributed by atoms with Crippen LogP contribution in [0.25, 0.3) is 0 Å². The molecule has 0 radical (unpaired) electrons. The molecule has 1 fully saturated rings. The number of ether oxygens (including phenoxy) is 1. The van der Waals surface area contributed by atoms with Crippen molar-refractivity contribution < 1.29 is 4.74 Å². The number of thiocarbonyl (C=S) groups is 1. The van der Waals surface area contributed by atoms with Crippen LogP contribution in [0, 0.1) is 5.92 Å².